The van der Waals surface area contributed by atoms with E-state index in [2.05, 4.69) is 12.2 Å². The van der Waals surface area contributed by atoms with Gasteiger partial charge >= 0.3 is 0 Å². The zero-order valence-electron chi connectivity index (χ0n) is 13.8. The molecule has 2 atom stereocenters. The van der Waals surface area contributed by atoms with Crippen LogP contribution in [0.1, 0.15) is 31.7 Å². The lowest BCUT2D eigenvalue weighted by Crippen LogP contribution is -2.34. The lowest BCUT2D eigenvalue weighted by atomic mass is 9.96. The number of halogens is 2. The van der Waals surface area contributed by atoms with Gasteiger partial charge < -0.3 is 5.32 Å². The molecule has 0 heterocycles. The SMILES string of the molecule is CC[C@H](CNC(=O)[C@H](C)Sc1cc(F)ccc1F)c1ccccc1. The van der Waals surface area contributed by atoms with Gasteiger partial charge in [0.15, 0.2) is 0 Å². The summed E-state index contributed by atoms with van der Waals surface area (Å²) in [5, 5.41) is 2.41. The predicted octanol–water partition coefficient (Wildman–Crippen LogP) is 4.76. The van der Waals surface area contributed by atoms with Gasteiger partial charge in [-0.1, -0.05) is 37.3 Å². The van der Waals surface area contributed by atoms with Crippen molar-refractivity contribution in [2.75, 3.05) is 6.54 Å². The number of hydrogen-bond acceptors (Lipinski definition) is 2. The molecule has 0 bridgehead atoms. The molecular weight excluding hydrogens is 328 g/mol. The summed E-state index contributed by atoms with van der Waals surface area (Å²) < 4.78 is 26.9. The molecule has 0 fully saturated rings. The zero-order valence-corrected chi connectivity index (χ0v) is 14.6. The molecule has 0 aromatic heterocycles. The fraction of sp³-hybridized carbons (Fsp3) is 0.316. The summed E-state index contributed by atoms with van der Waals surface area (Å²) in [6, 6.07) is 13.3. The van der Waals surface area contributed by atoms with E-state index in [4.69, 9.17) is 0 Å². The van der Waals surface area contributed by atoms with Crippen molar-refractivity contribution in [3.63, 3.8) is 0 Å². The molecule has 0 aliphatic rings. The first-order valence-electron chi connectivity index (χ1n) is 7.95. The van der Waals surface area contributed by atoms with Crippen LogP contribution in [0.3, 0.4) is 0 Å². The van der Waals surface area contributed by atoms with Crippen molar-refractivity contribution >= 4 is 17.7 Å². The summed E-state index contributed by atoms with van der Waals surface area (Å²) in [6.45, 7) is 4.29. The summed E-state index contributed by atoms with van der Waals surface area (Å²) in [6.07, 6.45) is 0.907. The van der Waals surface area contributed by atoms with Crippen molar-refractivity contribution in [1.82, 2.24) is 5.32 Å². The Morgan fingerprint density at radius 2 is 1.88 bits per heavy atom. The van der Waals surface area contributed by atoms with Crippen LogP contribution in [0.5, 0.6) is 0 Å². The summed E-state index contributed by atoms with van der Waals surface area (Å²) in [7, 11) is 0. The molecule has 2 aromatic carbocycles. The van der Waals surface area contributed by atoms with Gasteiger partial charge in [0, 0.05) is 17.4 Å². The highest BCUT2D eigenvalue weighted by atomic mass is 32.2. The summed E-state index contributed by atoms with van der Waals surface area (Å²) in [4.78, 5) is 12.4. The highest BCUT2D eigenvalue weighted by Gasteiger charge is 2.18. The maximum atomic E-state index is 13.7. The molecule has 0 saturated heterocycles. The average molecular weight is 349 g/mol. The van der Waals surface area contributed by atoms with E-state index in [1.54, 1.807) is 6.92 Å². The monoisotopic (exact) mass is 349 g/mol. The highest BCUT2D eigenvalue weighted by Crippen LogP contribution is 2.27. The highest BCUT2D eigenvalue weighted by molar-refractivity contribution is 8.00. The van der Waals surface area contributed by atoms with Crippen molar-refractivity contribution in [3.05, 3.63) is 65.7 Å². The standard InChI is InChI=1S/C19H21F2NOS/c1-3-14(15-7-5-4-6-8-15)12-22-19(23)13(2)24-18-11-16(20)9-10-17(18)21/h4-11,13-14H,3,12H2,1-2H3,(H,22,23)/t13-,14+/m0/s1. The molecule has 1 amide bonds. The Morgan fingerprint density at radius 3 is 2.54 bits per heavy atom. The number of hydrogen-bond donors (Lipinski definition) is 1. The van der Waals surface area contributed by atoms with Crippen LogP contribution in [0.25, 0.3) is 0 Å². The molecule has 0 aliphatic carbocycles. The van der Waals surface area contributed by atoms with E-state index in [0.29, 0.717) is 6.54 Å². The molecule has 0 saturated carbocycles. The lowest BCUT2D eigenvalue weighted by molar-refractivity contribution is -0.120. The predicted molar refractivity (Wildman–Crippen MR) is 94.2 cm³/mol. The normalized spacial score (nSPS) is 13.3. The molecule has 2 nitrogen and oxygen atoms in total. The van der Waals surface area contributed by atoms with Gasteiger partial charge in [0.05, 0.1) is 5.25 Å². The number of thioether (sulfide) groups is 1. The lowest BCUT2D eigenvalue weighted by Gasteiger charge is -2.18. The van der Waals surface area contributed by atoms with Crippen LogP contribution in [0.4, 0.5) is 8.78 Å². The quantitative estimate of drug-likeness (QED) is 0.731. The van der Waals surface area contributed by atoms with E-state index in [1.807, 2.05) is 30.3 Å². The average Bonchev–Trinajstić information content (AvgIpc) is 2.59. The molecular formula is C19H21F2NOS. The Balaban J connectivity index is 1.92. The molecule has 128 valence electrons. The van der Waals surface area contributed by atoms with Crippen molar-refractivity contribution in [2.45, 2.75) is 36.3 Å². The van der Waals surface area contributed by atoms with Crippen LogP contribution in [0, 0.1) is 11.6 Å². The minimum absolute atomic E-state index is 0.146. The topological polar surface area (TPSA) is 29.1 Å². The van der Waals surface area contributed by atoms with Crippen LogP contribution in [0.15, 0.2) is 53.4 Å². The van der Waals surface area contributed by atoms with Gasteiger partial charge in [-0.2, -0.15) is 0 Å². The Labute approximate surface area is 145 Å². The van der Waals surface area contributed by atoms with Crippen LogP contribution in [-0.4, -0.2) is 17.7 Å². The van der Waals surface area contributed by atoms with Crippen LogP contribution in [-0.2, 0) is 4.79 Å². The largest absolute Gasteiger partial charge is 0.355 e. The van der Waals surface area contributed by atoms with E-state index in [1.165, 1.54) is 5.56 Å². The molecule has 5 heteroatoms. The van der Waals surface area contributed by atoms with E-state index in [9.17, 15) is 13.6 Å². The van der Waals surface area contributed by atoms with Gasteiger partial charge in [0.25, 0.3) is 0 Å². The van der Waals surface area contributed by atoms with E-state index >= 15 is 0 Å². The van der Waals surface area contributed by atoms with Crippen molar-refractivity contribution in [1.29, 1.82) is 0 Å². The van der Waals surface area contributed by atoms with Crippen LogP contribution >= 0.6 is 11.8 Å². The maximum absolute atomic E-state index is 13.7. The van der Waals surface area contributed by atoms with Gasteiger partial charge in [-0.05, 0) is 37.1 Å². The second kappa shape index (κ2) is 8.83. The van der Waals surface area contributed by atoms with Crippen molar-refractivity contribution in [2.24, 2.45) is 0 Å². The summed E-state index contributed by atoms with van der Waals surface area (Å²) in [5.74, 6) is -0.977. The third-order valence-corrected chi connectivity index (χ3v) is 4.99. The van der Waals surface area contributed by atoms with Crippen molar-refractivity contribution in [3.8, 4) is 0 Å². The van der Waals surface area contributed by atoms with Gasteiger partial charge in [0.1, 0.15) is 11.6 Å². The summed E-state index contributed by atoms with van der Waals surface area (Å²) in [5.41, 5.74) is 1.18. The first-order valence-corrected chi connectivity index (χ1v) is 8.83. The molecule has 2 rings (SSSR count). The Morgan fingerprint density at radius 1 is 1.17 bits per heavy atom. The maximum Gasteiger partial charge on any atom is 0.233 e. The van der Waals surface area contributed by atoms with Gasteiger partial charge in [-0.3, -0.25) is 4.79 Å². The third kappa shape index (κ3) is 5.06. The first-order chi connectivity index (χ1) is 11.5. The minimum atomic E-state index is -0.517. The second-order valence-corrected chi connectivity index (χ2v) is 6.98. The number of nitrogens with one attached hydrogen (secondary N) is 1. The molecule has 1 N–H and O–H groups in total. The molecule has 0 radical (unpaired) electrons. The summed E-state index contributed by atoms with van der Waals surface area (Å²) >= 11 is 1.02. The molecule has 24 heavy (non-hydrogen) atoms. The van der Waals surface area contributed by atoms with Crippen molar-refractivity contribution < 1.29 is 13.6 Å². The van der Waals surface area contributed by atoms with E-state index in [0.717, 1.165) is 36.4 Å². The van der Waals surface area contributed by atoms with Crippen LogP contribution < -0.4 is 5.32 Å². The fourth-order valence-electron chi connectivity index (χ4n) is 2.40. The number of carbonyl (C=O) groups is 1. The van der Waals surface area contributed by atoms with E-state index in [-0.39, 0.29) is 16.7 Å². The fourth-order valence-corrected chi connectivity index (χ4v) is 3.33. The number of rotatable bonds is 7. The molecule has 0 unspecified atom stereocenters. The number of benzene rings is 2. The van der Waals surface area contributed by atoms with Gasteiger partial charge in [0.2, 0.25) is 5.91 Å². The molecule has 2 aromatic rings. The van der Waals surface area contributed by atoms with Crippen LogP contribution in [0.2, 0.25) is 0 Å². The van der Waals surface area contributed by atoms with Gasteiger partial charge in [-0.15, -0.1) is 11.8 Å². The third-order valence-electron chi connectivity index (χ3n) is 3.85. The van der Waals surface area contributed by atoms with E-state index < -0.39 is 16.9 Å². The molecule has 0 aliphatic heterocycles. The zero-order chi connectivity index (χ0) is 17.5. The number of amides is 1. The Kier molecular flexibility index (Phi) is 6.79. The van der Waals surface area contributed by atoms with Gasteiger partial charge in [-0.25, -0.2) is 8.78 Å². The smallest absolute Gasteiger partial charge is 0.233 e. The number of carbonyl (C=O) groups excluding carboxylic acids is 1. The first kappa shape index (κ1) is 18.5. The Hall–Kier alpha value is -1.88. The minimum Gasteiger partial charge on any atom is -0.355 e. The Bertz CT molecular complexity index is 678. The molecule has 0 spiro atoms. The second-order valence-electron chi connectivity index (χ2n) is 5.60.